The molecule has 1 amide bonds. The van der Waals surface area contributed by atoms with Crippen LogP contribution >= 0.6 is 23.2 Å². The molecule has 0 bridgehead atoms. The van der Waals surface area contributed by atoms with E-state index in [1.807, 2.05) is 13.8 Å². The van der Waals surface area contributed by atoms with Gasteiger partial charge in [0, 0.05) is 13.1 Å². The SMILES string of the molecule is CCCCCS(=O)(=O)CC(=O)N(CC)Cc1ccc(Cl)c(Cl)c1. The molecule has 1 aromatic rings. The Balaban J connectivity index is 2.69. The number of hydrogen-bond donors (Lipinski definition) is 0. The number of halogens is 2. The molecular weight excluding hydrogens is 357 g/mol. The summed E-state index contributed by atoms with van der Waals surface area (Å²) < 4.78 is 24.0. The van der Waals surface area contributed by atoms with Crippen molar-refractivity contribution in [3.05, 3.63) is 33.8 Å². The molecule has 0 saturated heterocycles. The molecule has 0 unspecified atom stereocenters. The molecule has 1 rings (SSSR count). The number of carbonyl (C=O) groups is 1. The molecule has 4 nitrogen and oxygen atoms in total. The third kappa shape index (κ3) is 7.10. The van der Waals surface area contributed by atoms with Gasteiger partial charge in [0.2, 0.25) is 5.91 Å². The van der Waals surface area contributed by atoms with Crippen molar-refractivity contribution in [2.45, 2.75) is 39.7 Å². The highest BCUT2D eigenvalue weighted by molar-refractivity contribution is 7.92. The van der Waals surface area contributed by atoms with Crippen LogP contribution < -0.4 is 0 Å². The Hall–Kier alpha value is -0.780. The number of hydrogen-bond acceptors (Lipinski definition) is 3. The molecule has 0 heterocycles. The molecule has 0 N–H and O–H groups in total. The zero-order valence-corrected chi connectivity index (χ0v) is 15.8. The van der Waals surface area contributed by atoms with Crippen molar-refractivity contribution in [1.82, 2.24) is 4.90 Å². The van der Waals surface area contributed by atoms with Crippen molar-refractivity contribution in [1.29, 1.82) is 0 Å². The summed E-state index contributed by atoms with van der Waals surface area (Å²) in [6, 6.07) is 5.13. The molecule has 0 spiro atoms. The van der Waals surface area contributed by atoms with Crippen LogP contribution in [-0.4, -0.2) is 37.3 Å². The topological polar surface area (TPSA) is 54.5 Å². The summed E-state index contributed by atoms with van der Waals surface area (Å²) in [5.41, 5.74) is 0.818. The van der Waals surface area contributed by atoms with E-state index in [1.165, 1.54) is 4.90 Å². The van der Waals surface area contributed by atoms with Crippen LogP contribution in [-0.2, 0) is 21.2 Å². The fourth-order valence-electron chi connectivity index (χ4n) is 2.16. The monoisotopic (exact) mass is 379 g/mol. The Morgan fingerprint density at radius 3 is 2.39 bits per heavy atom. The van der Waals surface area contributed by atoms with Gasteiger partial charge in [0.25, 0.3) is 0 Å². The van der Waals surface area contributed by atoms with Crippen molar-refractivity contribution in [2.75, 3.05) is 18.1 Å². The lowest BCUT2D eigenvalue weighted by Crippen LogP contribution is -2.35. The lowest BCUT2D eigenvalue weighted by Gasteiger charge is -2.21. The number of nitrogens with zero attached hydrogens (tertiary/aromatic N) is 1. The Kier molecular flexibility index (Phi) is 8.37. The van der Waals surface area contributed by atoms with Crippen LogP contribution in [0.25, 0.3) is 0 Å². The molecule has 0 fully saturated rings. The quantitative estimate of drug-likeness (QED) is 0.610. The highest BCUT2D eigenvalue weighted by atomic mass is 35.5. The molecule has 0 aliphatic rings. The molecular formula is C16H23Cl2NO3S. The summed E-state index contributed by atoms with van der Waals surface area (Å²) in [5.74, 6) is -0.752. The largest absolute Gasteiger partial charge is 0.338 e. The average molecular weight is 380 g/mol. The van der Waals surface area contributed by atoms with Crippen LogP contribution in [0.1, 0.15) is 38.7 Å². The second-order valence-electron chi connectivity index (χ2n) is 5.46. The van der Waals surface area contributed by atoms with Gasteiger partial charge < -0.3 is 4.90 Å². The van der Waals surface area contributed by atoms with E-state index in [1.54, 1.807) is 18.2 Å². The molecule has 0 aromatic heterocycles. The minimum Gasteiger partial charge on any atom is -0.338 e. The lowest BCUT2D eigenvalue weighted by molar-refractivity contribution is -0.128. The van der Waals surface area contributed by atoms with Gasteiger partial charge in [-0.25, -0.2) is 8.42 Å². The first-order valence-electron chi connectivity index (χ1n) is 7.71. The fraction of sp³-hybridized carbons (Fsp3) is 0.562. The van der Waals surface area contributed by atoms with Crippen molar-refractivity contribution in [2.24, 2.45) is 0 Å². The van der Waals surface area contributed by atoms with E-state index in [9.17, 15) is 13.2 Å². The van der Waals surface area contributed by atoms with Crippen LogP contribution in [0, 0.1) is 0 Å². The summed E-state index contributed by atoms with van der Waals surface area (Å²) in [5, 5.41) is 0.864. The third-order valence-electron chi connectivity index (χ3n) is 3.49. The molecule has 1 aromatic carbocycles. The minimum absolute atomic E-state index is 0.0664. The highest BCUT2D eigenvalue weighted by Crippen LogP contribution is 2.23. The number of sulfone groups is 1. The van der Waals surface area contributed by atoms with Crippen LogP contribution in [0.4, 0.5) is 0 Å². The van der Waals surface area contributed by atoms with Crippen molar-refractivity contribution < 1.29 is 13.2 Å². The van der Waals surface area contributed by atoms with E-state index < -0.39 is 15.6 Å². The van der Waals surface area contributed by atoms with Crippen molar-refractivity contribution >= 4 is 38.9 Å². The maximum Gasteiger partial charge on any atom is 0.238 e. The summed E-state index contributed by atoms with van der Waals surface area (Å²) in [6.07, 6.45) is 2.40. The predicted molar refractivity (Wildman–Crippen MR) is 95.7 cm³/mol. The van der Waals surface area contributed by atoms with Gasteiger partial charge >= 0.3 is 0 Å². The second kappa shape index (κ2) is 9.50. The maximum absolute atomic E-state index is 12.3. The number of amides is 1. The standard InChI is InChI=1S/C16H23Cl2NO3S/c1-3-5-6-9-23(21,22)12-16(20)19(4-2)11-13-7-8-14(17)15(18)10-13/h7-8,10H,3-6,9,11-12H2,1-2H3. The first-order valence-corrected chi connectivity index (χ1v) is 10.3. The predicted octanol–water partition coefficient (Wildman–Crippen LogP) is 3.95. The first kappa shape index (κ1) is 20.3. The minimum atomic E-state index is -3.35. The summed E-state index contributed by atoms with van der Waals surface area (Å²) in [4.78, 5) is 13.8. The van der Waals surface area contributed by atoms with E-state index in [0.29, 0.717) is 29.6 Å². The number of carbonyl (C=O) groups excluding carboxylic acids is 1. The van der Waals surface area contributed by atoms with Gasteiger partial charge in [-0.2, -0.15) is 0 Å². The summed E-state index contributed by atoms with van der Waals surface area (Å²) >= 11 is 11.8. The molecule has 0 aliphatic heterocycles. The fourth-order valence-corrected chi connectivity index (χ4v) is 3.83. The Morgan fingerprint density at radius 1 is 1.13 bits per heavy atom. The van der Waals surface area contributed by atoms with Gasteiger partial charge in [0.05, 0.1) is 15.8 Å². The van der Waals surface area contributed by atoms with Gasteiger partial charge in [0.15, 0.2) is 9.84 Å². The van der Waals surface area contributed by atoms with E-state index in [2.05, 4.69) is 0 Å². The summed E-state index contributed by atoms with van der Waals surface area (Å²) in [6.45, 7) is 4.58. The molecule has 0 atom stereocenters. The van der Waals surface area contributed by atoms with Gasteiger partial charge in [-0.05, 0) is 31.0 Å². The molecule has 23 heavy (non-hydrogen) atoms. The zero-order chi connectivity index (χ0) is 17.5. The first-order chi connectivity index (χ1) is 10.8. The van der Waals surface area contributed by atoms with Gasteiger partial charge in [0.1, 0.15) is 5.75 Å². The number of benzene rings is 1. The van der Waals surface area contributed by atoms with Crippen molar-refractivity contribution in [3.8, 4) is 0 Å². The normalized spacial score (nSPS) is 11.5. The lowest BCUT2D eigenvalue weighted by atomic mass is 10.2. The van der Waals surface area contributed by atoms with Gasteiger partial charge in [-0.15, -0.1) is 0 Å². The van der Waals surface area contributed by atoms with E-state index in [4.69, 9.17) is 23.2 Å². The molecule has 7 heteroatoms. The summed E-state index contributed by atoms with van der Waals surface area (Å²) in [7, 11) is -3.35. The average Bonchev–Trinajstić information content (AvgIpc) is 2.47. The van der Waals surface area contributed by atoms with Gasteiger partial charge in [-0.3, -0.25) is 4.79 Å². The van der Waals surface area contributed by atoms with Crippen LogP contribution in [0.2, 0.25) is 10.0 Å². The van der Waals surface area contributed by atoms with Gasteiger partial charge in [-0.1, -0.05) is 49.0 Å². The molecule has 130 valence electrons. The van der Waals surface area contributed by atoms with Crippen LogP contribution in [0.3, 0.4) is 0 Å². The second-order valence-corrected chi connectivity index (χ2v) is 8.45. The molecule has 0 saturated carbocycles. The Bertz CT molecular complexity index is 632. The Labute approximate surface area is 148 Å². The Morgan fingerprint density at radius 2 is 1.83 bits per heavy atom. The van der Waals surface area contributed by atoms with Crippen LogP contribution in [0.5, 0.6) is 0 Å². The van der Waals surface area contributed by atoms with E-state index >= 15 is 0 Å². The molecule has 0 aliphatic carbocycles. The van der Waals surface area contributed by atoms with Crippen molar-refractivity contribution in [3.63, 3.8) is 0 Å². The van der Waals surface area contributed by atoms with E-state index in [0.717, 1.165) is 18.4 Å². The number of rotatable bonds is 9. The van der Waals surface area contributed by atoms with E-state index in [-0.39, 0.29) is 11.7 Å². The zero-order valence-electron chi connectivity index (χ0n) is 13.5. The highest BCUT2D eigenvalue weighted by Gasteiger charge is 2.21. The maximum atomic E-state index is 12.3. The van der Waals surface area contributed by atoms with Crippen LogP contribution in [0.15, 0.2) is 18.2 Å². The smallest absolute Gasteiger partial charge is 0.238 e. The molecule has 0 radical (unpaired) electrons. The third-order valence-corrected chi connectivity index (χ3v) is 5.83. The number of unbranched alkanes of at least 4 members (excludes halogenated alkanes) is 2.